The van der Waals surface area contributed by atoms with E-state index in [0.717, 1.165) is 21.7 Å². The molecule has 0 bridgehead atoms. The molecule has 2 aromatic rings. The van der Waals surface area contributed by atoms with Crippen molar-refractivity contribution in [1.29, 1.82) is 0 Å². The topological polar surface area (TPSA) is 38.7 Å². The van der Waals surface area contributed by atoms with Gasteiger partial charge in [0, 0.05) is 41.4 Å². The maximum Gasteiger partial charge on any atom is 0.203 e. The van der Waals surface area contributed by atoms with Crippen LogP contribution in [0.5, 0.6) is 0 Å². The first-order chi connectivity index (χ1) is 6.84. The molecule has 2 rings (SSSR count). The number of aryl methyl sites for hydroxylation is 2. The zero-order chi connectivity index (χ0) is 9.80. The second kappa shape index (κ2) is 4.79. The van der Waals surface area contributed by atoms with Gasteiger partial charge in [0.25, 0.3) is 0 Å². The summed E-state index contributed by atoms with van der Waals surface area (Å²) in [4.78, 5) is 8.37. The first kappa shape index (κ1) is 9.97. The van der Waals surface area contributed by atoms with Gasteiger partial charge >= 0.3 is 0 Å². The second-order valence-corrected chi connectivity index (χ2v) is 4.62. The van der Waals surface area contributed by atoms with E-state index in [2.05, 4.69) is 43.0 Å². The Morgan fingerprint density at radius 3 is 2.93 bits per heavy atom. The highest BCUT2D eigenvalue weighted by Crippen LogP contribution is 2.10. The van der Waals surface area contributed by atoms with Gasteiger partial charge in [0.15, 0.2) is 0 Å². The first-order valence-corrected chi connectivity index (χ1v) is 6.07. The van der Waals surface area contributed by atoms with Gasteiger partial charge in [-0.2, -0.15) is 4.37 Å². The molecule has 0 saturated carbocycles. The molecule has 2 aromatic heterocycles. The van der Waals surface area contributed by atoms with Gasteiger partial charge in [-0.25, -0.2) is 4.98 Å². The van der Waals surface area contributed by atoms with Crippen molar-refractivity contribution in [3.05, 3.63) is 38.9 Å². The van der Waals surface area contributed by atoms with E-state index in [4.69, 9.17) is 0 Å². The lowest BCUT2D eigenvalue weighted by Gasteiger charge is -1.96. The zero-order valence-corrected chi connectivity index (χ0v) is 10.3. The van der Waals surface area contributed by atoms with Crippen LogP contribution in [0.25, 0.3) is 0 Å². The molecule has 0 amide bonds. The molecule has 0 atom stereocenters. The van der Waals surface area contributed by atoms with Crippen LogP contribution >= 0.6 is 34.1 Å². The highest BCUT2D eigenvalue weighted by Gasteiger charge is 2.01. The molecule has 0 spiro atoms. The van der Waals surface area contributed by atoms with Crippen molar-refractivity contribution in [1.82, 2.24) is 14.3 Å². The van der Waals surface area contributed by atoms with Crippen molar-refractivity contribution < 1.29 is 0 Å². The maximum atomic E-state index is 4.30. The minimum atomic E-state index is 0.841. The molecule has 0 saturated heterocycles. The van der Waals surface area contributed by atoms with Crippen LogP contribution in [-0.2, 0) is 12.8 Å². The van der Waals surface area contributed by atoms with Crippen molar-refractivity contribution in [2.75, 3.05) is 0 Å². The van der Waals surface area contributed by atoms with E-state index in [1.165, 1.54) is 17.1 Å². The number of hydrogen-bond donors (Lipinski definition) is 0. The number of halogens is 1. The molecule has 0 aliphatic rings. The molecule has 3 nitrogen and oxygen atoms in total. The van der Waals surface area contributed by atoms with Gasteiger partial charge in [-0.1, -0.05) is 6.07 Å². The van der Waals surface area contributed by atoms with Crippen LogP contribution in [0.15, 0.2) is 24.5 Å². The number of rotatable bonds is 3. The molecule has 0 fully saturated rings. The molecular weight excluding hydrogens is 309 g/mol. The van der Waals surface area contributed by atoms with E-state index in [1.807, 2.05) is 12.3 Å². The fourth-order valence-electron chi connectivity index (χ4n) is 1.13. The van der Waals surface area contributed by atoms with Crippen LogP contribution in [0.4, 0.5) is 0 Å². The summed E-state index contributed by atoms with van der Waals surface area (Å²) >= 11 is 3.61. The molecule has 0 radical (unpaired) electrons. The molecule has 0 aliphatic heterocycles. The average molecular weight is 317 g/mol. The van der Waals surface area contributed by atoms with Gasteiger partial charge in [-0.3, -0.25) is 4.98 Å². The highest BCUT2D eigenvalue weighted by molar-refractivity contribution is 14.1. The van der Waals surface area contributed by atoms with Crippen LogP contribution < -0.4 is 0 Å². The Morgan fingerprint density at radius 2 is 2.29 bits per heavy atom. The van der Waals surface area contributed by atoms with E-state index >= 15 is 0 Å². The Hall–Kier alpha value is -0.560. The fraction of sp³-hybridized carbons (Fsp3) is 0.222. The van der Waals surface area contributed by atoms with E-state index < -0.39 is 0 Å². The Kier molecular flexibility index (Phi) is 3.41. The summed E-state index contributed by atoms with van der Waals surface area (Å²) in [6.07, 6.45) is 5.62. The Labute approximate surface area is 99.9 Å². The largest absolute Gasteiger partial charge is 0.264 e. The van der Waals surface area contributed by atoms with Crippen LogP contribution in [0.3, 0.4) is 0 Å². The van der Waals surface area contributed by atoms with E-state index in [-0.39, 0.29) is 0 Å². The minimum Gasteiger partial charge on any atom is -0.264 e. The number of hydrogen-bond acceptors (Lipinski definition) is 4. The van der Waals surface area contributed by atoms with Gasteiger partial charge in [0.05, 0.1) is 0 Å². The van der Waals surface area contributed by atoms with E-state index in [0.29, 0.717) is 0 Å². The van der Waals surface area contributed by atoms with Crippen molar-refractivity contribution >= 4 is 34.1 Å². The van der Waals surface area contributed by atoms with Crippen molar-refractivity contribution in [2.24, 2.45) is 0 Å². The normalized spacial score (nSPS) is 10.4. The quantitative estimate of drug-likeness (QED) is 0.816. The third-order valence-electron chi connectivity index (χ3n) is 1.79. The first-order valence-electron chi connectivity index (χ1n) is 4.21. The van der Waals surface area contributed by atoms with Gasteiger partial charge in [0.2, 0.25) is 3.83 Å². The lowest BCUT2D eigenvalue weighted by Crippen LogP contribution is -1.91. The molecule has 0 aromatic carbocycles. The lowest BCUT2D eigenvalue weighted by atomic mass is 10.2. The third-order valence-corrected chi connectivity index (χ3v) is 3.37. The molecule has 2 heterocycles. The van der Waals surface area contributed by atoms with Gasteiger partial charge < -0.3 is 0 Å². The summed E-state index contributed by atoms with van der Waals surface area (Å²) in [5, 5.41) is 1.10. The fourth-order valence-corrected chi connectivity index (χ4v) is 2.43. The Balaban J connectivity index is 1.95. The van der Waals surface area contributed by atoms with Crippen LogP contribution in [0.1, 0.15) is 10.6 Å². The number of nitrogens with zero attached hydrogens (tertiary/aromatic N) is 3. The van der Waals surface area contributed by atoms with E-state index in [9.17, 15) is 0 Å². The molecule has 0 aliphatic carbocycles. The Morgan fingerprint density at radius 1 is 1.36 bits per heavy atom. The van der Waals surface area contributed by atoms with Crippen molar-refractivity contribution in [3.63, 3.8) is 0 Å². The van der Waals surface area contributed by atoms with Crippen LogP contribution in [-0.4, -0.2) is 14.3 Å². The molecular formula is C9H8IN3S. The molecule has 0 N–H and O–H groups in total. The minimum absolute atomic E-state index is 0.841. The summed E-state index contributed by atoms with van der Waals surface area (Å²) in [5.41, 5.74) is 1.25. The maximum absolute atomic E-state index is 4.30. The summed E-state index contributed by atoms with van der Waals surface area (Å²) in [7, 11) is 0. The SMILES string of the molecule is Ic1nsc(CCc2cccnc2)n1. The Bertz CT molecular complexity index is 401. The van der Waals surface area contributed by atoms with Crippen molar-refractivity contribution in [3.8, 4) is 0 Å². The third kappa shape index (κ3) is 2.71. The summed E-state index contributed by atoms with van der Waals surface area (Å²) in [6.45, 7) is 0. The standard InChI is InChI=1S/C9H8IN3S/c10-9-12-8(14-13-9)4-3-7-2-1-5-11-6-7/h1-2,5-6H,3-4H2. The number of aromatic nitrogens is 3. The van der Waals surface area contributed by atoms with Crippen molar-refractivity contribution in [2.45, 2.75) is 12.8 Å². The van der Waals surface area contributed by atoms with Gasteiger partial charge in [-0.15, -0.1) is 0 Å². The summed E-state index contributed by atoms with van der Waals surface area (Å²) < 4.78 is 4.97. The van der Waals surface area contributed by atoms with Gasteiger partial charge in [-0.05, 0) is 29.6 Å². The molecule has 72 valence electrons. The second-order valence-electron chi connectivity index (χ2n) is 2.82. The van der Waals surface area contributed by atoms with Crippen LogP contribution in [0, 0.1) is 3.83 Å². The lowest BCUT2D eigenvalue weighted by molar-refractivity contribution is 0.929. The zero-order valence-electron chi connectivity index (χ0n) is 7.35. The monoisotopic (exact) mass is 317 g/mol. The average Bonchev–Trinajstić information content (AvgIpc) is 2.63. The number of pyridine rings is 1. The van der Waals surface area contributed by atoms with Crippen LogP contribution in [0.2, 0.25) is 0 Å². The summed E-state index contributed by atoms with van der Waals surface area (Å²) in [6, 6.07) is 4.04. The molecule has 0 unspecified atom stereocenters. The smallest absolute Gasteiger partial charge is 0.203 e. The predicted octanol–water partition coefficient (Wildman–Crippen LogP) is 2.32. The molecule has 14 heavy (non-hydrogen) atoms. The van der Waals surface area contributed by atoms with Gasteiger partial charge in [0.1, 0.15) is 5.01 Å². The highest BCUT2D eigenvalue weighted by atomic mass is 127. The predicted molar refractivity (Wildman–Crippen MR) is 64.3 cm³/mol. The summed E-state index contributed by atoms with van der Waals surface area (Å²) in [5.74, 6) is 0. The molecule has 5 heteroatoms. The van der Waals surface area contributed by atoms with E-state index in [1.54, 1.807) is 6.20 Å².